The van der Waals surface area contributed by atoms with Gasteiger partial charge >= 0.3 is 0 Å². The van der Waals surface area contributed by atoms with E-state index in [1.165, 1.54) is 38.0 Å². The van der Waals surface area contributed by atoms with Gasteiger partial charge in [-0.1, -0.05) is 6.42 Å². The molecular formula is C13H20N2O. The van der Waals surface area contributed by atoms with Crippen LogP contribution in [0.3, 0.4) is 0 Å². The number of carbonyl (C=O) groups excluding carboxylic acids is 1. The summed E-state index contributed by atoms with van der Waals surface area (Å²) in [5.74, 6) is 0.146. The van der Waals surface area contributed by atoms with Gasteiger partial charge in [-0.2, -0.15) is 0 Å². The van der Waals surface area contributed by atoms with Crippen molar-refractivity contribution in [2.24, 2.45) is 7.05 Å². The van der Waals surface area contributed by atoms with Gasteiger partial charge < -0.3 is 4.57 Å². The highest BCUT2D eigenvalue weighted by molar-refractivity contribution is 5.92. The fourth-order valence-electron chi connectivity index (χ4n) is 2.41. The Balaban J connectivity index is 2.06. The molecule has 2 heterocycles. The summed E-state index contributed by atoms with van der Waals surface area (Å²) in [5, 5.41) is 0. The summed E-state index contributed by atoms with van der Waals surface area (Å²) < 4.78 is 2.02. The van der Waals surface area contributed by atoms with Crippen molar-refractivity contribution < 1.29 is 4.79 Å². The number of carbonyl (C=O) groups is 1. The number of hydrogen-bond donors (Lipinski definition) is 0. The first-order valence-electron chi connectivity index (χ1n) is 6.06. The molecule has 2 rings (SSSR count). The lowest BCUT2D eigenvalue weighted by Crippen LogP contribution is -2.30. The van der Waals surface area contributed by atoms with Crippen molar-refractivity contribution in [2.75, 3.05) is 13.1 Å². The number of likely N-dealkylation sites (tertiary alicyclic amines) is 1. The van der Waals surface area contributed by atoms with Crippen molar-refractivity contribution in [1.29, 1.82) is 0 Å². The van der Waals surface area contributed by atoms with Crippen LogP contribution in [0.25, 0.3) is 0 Å². The van der Waals surface area contributed by atoms with Crippen LogP contribution in [0.15, 0.2) is 12.1 Å². The van der Waals surface area contributed by atoms with Crippen LogP contribution in [0.4, 0.5) is 0 Å². The number of Topliss-reactive ketones (excluding diaryl/α,β-unsaturated/α-hetero) is 1. The Labute approximate surface area is 97.1 Å². The first-order valence-corrected chi connectivity index (χ1v) is 6.06. The highest BCUT2D eigenvalue weighted by Crippen LogP contribution is 2.15. The molecule has 0 saturated carbocycles. The lowest BCUT2D eigenvalue weighted by molar-refractivity contribution is 0.100. The van der Waals surface area contributed by atoms with Crippen molar-refractivity contribution in [3.8, 4) is 0 Å². The van der Waals surface area contributed by atoms with Gasteiger partial charge in [-0.15, -0.1) is 0 Å². The van der Waals surface area contributed by atoms with Crippen molar-refractivity contribution in [2.45, 2.75) is 32.7 Å². The molecule has 0 spiro atoms. The first kappa shape index (κ1) is 11.4. The van der Waals surface area contributed by atoms with Crippen LogP contribution in [0.5, 0.6) is 0 Å². The van der Waals surface area contributed by atoms with Crippen LogP contribution in [0.1, 0.15) is 42.4 Å². The Hall–Kier alpha value is -1.09. The average molecular weight is 220 g/mol. The minimum atomic E-state index is 0.146. The molecule has 1 aromatic rings. The third-order valence-corrected chi connectivity index (χ3v) is 3.42. The first-order chi connectivity index (χ1) is 7.68. The maximum absolute atomic E-state index is 11.3. The van der Waals surface area contributed by atoms with E-state index in [2.05, 4.69) is 11.0 Å². The van der Waals surface area contributed by atoms with Crippen molar-refractivity contribution in [3.05, 3.63) is 23.5 Å². The number of rotatable bonds is 3. The zero-order valence-electron chi connectivity index (χ0n) is 10.2. The van der Waals surface area contributed by atoms with Gasteiger partial charge in [0.2, 0.25) is 0 Å². The average Bonchev–Trinajstić information content (AvgIpc) is 2.62. The van der Waals surface area contributed by atoms with Gasteiger partial charge in [0.15, 0.2) is 5.78 Å². The summed E-state index contributed by atoms with van der Waals surface area (Å²) in [6, 6.07) is 4.01. The van der Waals surface area contributed by atoms with Gasteiger partial charge in [-0.3, -0.25) is 9.69 Å². The molecule has 0 atom stereocenters. The molecule has 0 aliphatic carbocycles. The van der Waals surface area contributed by atoms with Crippen LogP contribution in [0.2, 0.25) is 0 Å². The quantitative estimate of drug-likeness (QED) is 0.730. The number of ketones is 1. The van der Waals surface area contributed by atoms with Gasteiger partial charge in [0, 0.05) is 26.2 Å². The van der Waals surface area contributed by atoms with E-state index in [0.29, 0.717) is 0 Å². The zero-order valence-corrected chi connectivity index (χ0v) is 10.2. The molecule has 0 unspecified atom stereocenters. The fraction of sp³-hybridized carbons (Fsp3) is 0.615. The smallest absolute Gasteiger partial charge is 0.176 e. The Morgan fingerprint density at radius 3 is 2.50 bits per heavy atom. The van der Waals surface area contributed by atoms with E-state index < -0.39 is 0 Å². The van der Waals surface area contributed by atoms with Crippen LogP contribution < -0.4 is 0 Å². The predicted molar refractivity (Wildman–Crippen MR) is 64.5 cm³/mol. The standard InChI is InChI=1S/C13H20N2O/c1-11(16)13-7-6-12(14(13)2)10-15-8-4-3-5-9-15/h6-7H,3-5,8-10H2,1-2H3. The van der Waals surface area contributed by atoms with E-state index in [1.807, 2.05) is 17.7 Å². The molecule has 0 N–H and O–H groups in total. The van der Waals surface area contributed by atoms with Crippen molar-refractivity contribution in [1.82, 2.24) is 9.47 Å². The molecule has 1 aliphatic heterocycles. The highest BCUT2D eigenvalue weighted by atomic mass is 16.1. The monoisotopic (exact) mass is 220 g/mol. The molecule has 1 fully saturated rings. The minimum Gasteiger partial charge on any atom is -0.344 e. The second-order valence-corrected chi connectivity index (χ2v) is 4.66. The maximum atomic E-state index is 11.3. The van der Waals surface area contributed by atoms with Gasteiger partial charge in [-0.25, -0.2) is 0 Å². The largest absolute Gasteiger partial charge is 0.344 e. The summed E-state index contributed by atoms with van der Waals surface area (Å²) in [7, 11) is 1.98. The van der Waals surface area contributed by atoms with Crippen molar-refractivity contribution in [3.63, 3.8) is 0 Å². The van der Waals surface area contributed by atoms with Gasteiger partial charge in [-0.05, 0) is 38.1 Å². The number of nitrogens with zero attached hydrogens (tertiary/aromatic N) is 2. The van der Waals surface area contributed by atoms with Gasteiger partial charge in [0.25, 0.3) is 0 Å². The van der Waals surface area contributed by atoms with Crippen LogP contribution in [-0.4, -0.2) is 28.3 Å². The Morgan fingerprint density at radius 2 is 1.94 bits per heavy atom. The number of piperidine rings is 1. The van der Waals surface area contributed by atoms with Crippen LogP contribution in [0, 0.1) is 0 Å². The van der Waals surface area contributed by atoms with Crippen LogP contribution in [-0.2, 0) is 13.6 Å². The molecule has 88 valence electrons. The normalized spacial score (nSPS) is 17.6. The Morgan fingerprint density at radius 1 is 1.25 bits per heavy atom. The summed E-state index contributed by atoms with van der Waals surface area (Å²) in [5.41, 5.74) is 2.05. The van der Waals surface area contributed by atoms with E-state index in [-0.39, 0.29) is 5.78 Å². The topological polar surface area (TPSA) is 25.2 Å². The van der Waals surface area contributed by atoms with E-state index in [0.717, 1.165) is 12.2 Å². The second-order valence-electron chi connectivity index (χ2n) is 4.66. The molecule has 1 aliphatic rings. The maximum Gasteiger partial charge on any atom is 0.176 e. The lowest BCUT2D eigenvalue weighted by atomic mass is 10.1. The molecular weight excluding hydrogens is 200 g/mol. The molecule has 1 saturated heterocycles. The molecule has 1 aromatic heterocycles. The van der Waals surface area contributed by atoms with Crippen LogP contribution >= 0.6 is 0 Å². The van der Waals surface area contributed by atoms with Crippen molar-refractivity contribution >= 4 is 5.78 Å². The Kier molecular flexibility index (Phi) is 3.44. The molecule has 16 heavy (non-hydrogen) atoms. The van der Waals surface area contributed by atoms with E-state index >= 15 is 0 Å². The van der Waals surface area contributed by atoms with E-state index in [1.54, 1.807) is 6.92 Å². The second kappa shape index (κ2) is 4.83. The molecule has 3 nitrogen and oxygen atoms in total. The Bertz CT molecular complexity index is 375. The molecule has 0 amide bonds. The van der Waals surface area contributed by atoms with Gasteiger partial charge in [0.1, 0.15) is 0 Å². The highest BCUT2D eigenvalue weighted by Gasteiger charge is 2.14. The van der Waals surface area contributed by atoms with E-state index in [9.17, 15) is 4.79 Å². The summed E-state index contributed by atoms with van der Waals surface area (Å²) in [6.45, 7) is 4.99. The third kappa shape index (κ3) is 2.35. The predicted octanol–water partition coefficient (Wildman–Crippen LogP) is 2.21. The summed E-state index contributed by atoms with van der Waals surface area (Å²) in [6.07, 6.45) is 3.98. The lowest BCUT2D eigenvalue weighted by Gasteiger charge is -2.26. The third-order valence-electron chi connectivity index (χ3n) is 3.42. The molecule has 0 radical (unpaired) electrons. The van der Waals surface area contributed by atoms with E-state index in [4.69, 9.17) is 0 Å². The number of hydrogen-bond acceptors (Lipinski definition) is 2. The SMILES string of the molecule is CC(=O)c1ccc(CN2CCCCC2)n1C. The van der Waals surface area contributed by atoms with Gasteiger partial charge in [0.05, 0.1) is 5.69 Å². The summed E-state index contributed by atoms with van der Waals surface area (Å²) in [4.78, 5) is 13.8. The number of aromatic nitrogens is 1. The summed E-state index contributed by atoms with van der Waals surface area (Å²) >= 11 is 0. The molecule has 0 aromatic carbocycles. The fourth-order valence-corrected chi connectivity index (χ4v) is 2.41. The molecule has 0 bridgehead atoms. The minimum absolute atomic E-state index is 0.146. The molecule has 3 heteroatoms. The zero-order chi connectivity index (χ0) is 11.5.